The highest BCUT2D eigenvalue weighted by Crippen LogP contribution is 2.24. The fraction of sp³-hybridized carbons (Fsp3) is 0.261. The Bertz CT molecular complexity index is 1030. The Kier molecular flexibility index (Phi) is 5.97. The minimum atomic E-state index is -0.752. The SMILES string of the molecule is O=C(Nc1cc(F)cc(F)c1)c1cccc(-c2cc(NC3CCCCC3)ncn2)c1. The molecule has 0 saturated heterocycles. The molecule has 2 N–H and O–H groups in total. The van der Waals surface area contributed by atoms with Gasteiger partial charge < -0.3 is 10.6 Å². The van der Waals surface area contributed by atoms with Gasteiger partial charge in [0.05, 0.1) is 5.69 Å². The highest BCUT2D eigenvalue weighted by molar-refractivity contribution is 6.04. The van der Waals surface area contributed by atoms with Crippen molar-refractivity contribution in [2.75, 3.05) is 10.6 Å². The van der Waals surface area contributed by atoms with Crippen molar-refractivity contribution < 1.29 is 13.6 Å². The maximum atomic E-state index is 13.4. The van der Waals surface area contributed by atoms with Gasteiger partial charge in [0.2, 0.25) is 0 Å². The Morgan fingerprint density at radius 3 is 2.47 bits per heavy atom. The monoisotopic (exact) mass is 408 g/mol. The Balaban J connectivity index is 1.51. The third-order valence-electron chi connectivity index (χ3n) is 5.17. The lowest BCUT2D eigenvalue weighted by atomic mass is 9.95. The summed E-state index contributed by atoms with van der Waals surface area (Å²) >= 11 is 0. The van der Waals surface area contributed by atoms with Crippen molar-refractivity contribution in [1.82, 2.24) is 9.97 Å². The van der Waals surface area contributed by atoms with Gasteiger partial charge in [-0.3, -0.25) is 4.79 Å². The normalized spacial score (nSPS) is 14.3. The molecule has 154 valence electrons. The molecule has 1 aliphatic rings. The van der Waals surface area contributed by atoms with Crippen LogP contribution in [0, 0.1) is 11.6 Å². The Labute approximate surface area is 173 Å². The summed E-state index contributed by atoms with van der Waals surface area (Å²) in [4.78, 5) is 21.2. The van der Waals surface area contributed by atoms with Crippen LogP contribution in [0.15, 0.2) is 54.9 Å². The van der Waals surface area contributed by atoms with Crippen molar-refractivity contribution in [2.45, 2.75) is 38.1 Å². The highest BCUT2D eigenvalue weighted by atomic mass is 19.1. The smallest absolute Gasteiger partial charge is 0.255 e. The first-order chi connectivity index (χ1) is 14.6. The van der Waals surface area contributed by atoms with Gasteiger partial charge in [-0.15, -0.1) is 0 Å². The first-order valence-electron chi connectivity index (χ1n) is 10.0. The molecule has 4 rings (SSSR count). The molecule has 2 aromatic carbocycles. The molecule has 0 unspecified atom stereocenters. The number of halogens is 2. The van der Waals surface area contributed by atoms with E-state index in [1.165, 1.54) is 25.6 Å². The largest absolute Gasteiger partial charge is 0.367 e. The number of carbonyl (C=O) groups excluding carboxylic acids is 1. The predicted molar refractivity (Wildman–Crippen MR) is 112 cm³/mol. The van der Waals surface area contributed by atoms with Gasteiger partial charge >= 0.3 is 0 Å². The molecule has 0 atom stereocenters. The zero-order valence-electron chi connectivity index (χ0n) is 16.4. The van der Waals surface area contributed by atoms with Crippen LogP contribution >= 0.6 is 0 Å². The molecule has 3 aromatic rings. The van der Waals surface area contributed by atoms with Gasteiger partial charge in [0.1, 0.15) is 23.8 Å². The van der Waals surface area contributed by atoms with Gasteiger partial charge in [0, 0.05) is 35.0 Å². The van der Waals surface area contributed by atoms with E-state index in [2.05, 4.69) is 20.6 Å². The van der Waals surface area contributed by atoms with Gasteiger partial charge in [0.25, 0.3) is 5.91 Å². The van der Waals surface area contributed by atoms with Crippen molar-refractivity contribution in [3.8, 4) is 11.3 Å². The number of amides is 1. The summed E-state index contributed by atoms with van der Waals surface area (Å²) < 4.78 is 26.7. The minimum absolute atomic E-state index is 0.0592. The molecule has 0 aliphatic heterocycles. The average molecular weight is 408 g/mol. The van der Waals surface area contributed by atoms with Crippen molar-refractivity contribution in [3.05, 3.63) is 72.1 Å². The Morgan fingerprint density at radius 1 is 0.933 bits per heavy atom. The molecule has 5 nitrogen and oxygen atoms in total. The second-order valence-electron chi connectivity index (χ2n) is 7.46. The predicted octanol–water partition coefficient (Wildman–Crippen LogP) is 5.42. The maximum Gasteiger partial charge on any atom is 0.255 e. The van der Waals surface area contributed by atoms with Crippen molar-refractivity contribution in [1.29, 1.82) is 0 Å². The van der Waals surface area contributed by atoms with Crippen molar-refractivity contribution >= 4 is 17.4 Å². The number of anilines is 2. The lowest BCUT2D eigenvalue weighted by Crippen LogP contribution is -2.22. The van der Waals surface area contributed by atoms with Crippen molar-refractivity contribution in [2.24, 2.45) is 0 Å². The van der Waals surface area contributed by atoms with Gasteiger partial charge in [-0.1, -0.05) is 31.4 Å². The topological polar surface area (TPSA) is 66.9 Å². The average Bonchev–Trinajstić information content (AvgIpc) is 2.74. The quantitative estimate of drug-likeness (QED) is 0.592. The van der Waals surface area contributed by atoms with E-state index in [4.69, 9.17) is 0 Å². The molecular weight excluding hydrogens is 386 g/mol. The standard InChI is InChI=1S/C23H22F2N4O/c24-17-10-18(25)12-20(11-17)29-23(30)16-6-4-5-15(9-16)21-13-22(27-14-26-21)28-19-7-2-1-3-8-19/h4-6,9-14,19H,1-3,7-8H2,(H,29,30)(H,26,27,28). The fourth-order valence-corrected chi connectivity index (χ4v) is 3.70. The number of benzene rings is 2. The summed E-state index contributed by atoms with van der Waals surface area (Å²) in [7, 11) is 0. The van der Waals surface area contributed by atoms with E-state index in [0.717, 1.165) is 42.4 Å². The number of aromatic nitrogens is 2. The van der Waals surface area contributed by atoms with Crippen LogP contribution in [0.5, 0.6) is 0 Å². The van der Waals surface area contributed by atoms with E-state index >= 15 is 0 Å². The number of nitrogens with zero attached hydrogens (tertiary/aromatic N) is 2. The lowest BCUT2D eigenvalue weighted by Gasteiger charge is -2.23. The molecule has 7 heteroatoms. The second kappa shape index (κ2) is 8.98. The van der Waals surface area contributed by atoms with Crippen LogP contribution in [0.1, 0.15) is 42.5 Å². The molecular formula is C23H22F2N4O. The maximum absolute atomic E-state index is 13.4. The summed E-state index contributed by atoms with van der Waals surface area (Å²) in [5.41, 5.74) is 1.86. The summed E-state index contributed by atoms with van der Waals surface area (Å²) in [5, 5.41) is 5.99. The van der Waals surface area contributed by atoms with Crippen LogP contribution in [0.2, 0.25) is 0 Å². The van der Waals surface area contributed by atoms with Crippen LogP contribution in [0.4, 0.5) is 20.3 Å². The number of carbonyl (C=O) groups is 1. The molecule has 0 bridgehead atoms. The second-order valence-corrected chi connectivity index (χ2v) is 7.46. The molecule has 30 heavy (non-hydrogen) atoms. The zero-order valence-corrected chi connectivity index (χ0v) is 16.4. The van der Waals surface area contributed by atoms with Crippen molar-refractivity contribution in [3.63, 3.8) is 0 Å². The number of hydrogen-bond donors (Lipinski definition) is 2. The first kappa shape index (κ1) is 19.9. The molecule has 1 amide bonds. The summed E-state index contributed by atoms with van der Waals surface area (Å²) in [6.45, 7) is 0. The van der Waals surface area contributed by atoms with Crippen LogP contribution in [0.25, 0.3) is 11.3 Å². The molecule has 1 fully saturated rings. The summed E-state index contributed by atoms with van der Waals surface area (Å²) in [6, 6.07) is 12.1. The van der Waals surface area contributed by atoms with E-state index in [9.17, 15) is 13.6 Å². The van der Waals surface area contributed by atoms with Gasteiger partial charge in [0.15, 0.2) is 0 Å². The molecule has 0 radical (unpaired) electrons. The van der Waals surface area contributed by atoms with Gasteiger partial charge in [-0.25, -0.2) is 18.7 Å². The number of nitrogens with one attached hydrogen (secondary N) is 2. The minimum Gasteiger partial charge on any atom is -0.367 e. The molecule has 1 aromatic heterocycles. The number of hydrogen-bond acceptors (Lipinski definition) is 4. The molecule has 1 saturated carbocycles. The highest BCUT2D eigenvalue weighted by Gasteiger charge is 2.14. The zero-order chi connectivity index (χ0) is 20.9. The van der Waals surface area contributed by atoms with E-state index < -0.39 is 17.5 Å². The molecule has 1 aliphatic carbocycles. The van der Waals surface area contributed by atoms with Gasteiger partial charge in [-0.2, -0.15) is 0 Å². The fourth-order valence-electron chi connectivity index (χ4n) is 3.70. The summed E-state index contributed by atoms with van der Waals surface area (Å²) in [6.07, 6.45) is 7.50. The Morgan fingerprint density at radius 2 is 1.70 bits per heavy atom. The van der Waals surface area contributed by atoms with E-state index in [0.29, 0.717) is 17.3 Å². The van der Waals surface area contributed by atoms with E-state index in [1.54, 1.807) is 18.2 Å². The molecule has 0 spiro atoms. The Hall–Kier alpha value is -3.35. The van der Waals surface area contributed by atoms with E-state index in [1.807, 2.05) is 12.1 Å². The molecule has 1 heterocycles. The third-order valence-corrected chi connectivity index (χ3v) is 5.17. The third kappa shape index (κ3) is 4.97. The van der Waals surface area contributed by atoms with Crippen LogP contribution in [-0.4, -0.2) is 21.9 Å². The van der Waals surface area contributed by atoms with Crippen LogP contribution in [0.3, 0.4) is 0 Å². The number of rotatable bonds is 5. The lowest BCUT2D eigenvalue weighted by molar-refractivity contribution is 0.102. The summed E-state index contributed by atoms with van der Waals surface area (Å²) in [5.74, 6) is -1.20. The van der Waals surface area contributed by atoms with Gasteiger partial charge in [-0.05, 0) is 37.1 Å². The first-order valence-corrected chi connectivity index (χ1v) is 10.0. The van der Waals surface area contributed by atoms with Crippen LogP contribution in [-0.2, 0) is 0 Å². The van der Waals surface area contributed by atoms with E-state index in [-0.39, 0.29) is 5.69 Å². The van der Waals surface area contributed by atoms with Crippen LogP contribution < -0.4 is 10.6 Å².